The normalized spacial score (nSPS) is 11.9. The van der Waals surface area contributed by atoms with Gasteiger partial charge < -0.3 is 10.1 Å². The first-order valence-electron chi connectivity index (χ1n) is 5.04. The highest BCUT2D eigenvalue weighted by atomic mass is 32.2. The Kier molecular flexibility index (Phi) is 8.18. The number of thioether (sulfide) groups is 1. The van der Waals surface area contributed by atoms with Crippen LogP contribution in [0.5, 0.6) is 0 Å². The van der Waals surface area contributed by atoms with Crippen molar-refractivity contribution in [2.75, 3.05) is 18.6 Å². The molecule has 5 heteroatoms. The number of carbonyl (C=O) groups excluding carboxylic acids is 2. The van der Waals surface area contributed by atoms with Gasteiger partial charge >= 0.3 is 5.97 Å². The first-order valence-corrected chi connectivity index (χ1v) is 6.43. The second-order valence-corrected chi connectivity index (χ2v) is 4.19. The molecule has 0 aromatic carbocycles. The highest BCUT2D eigenvalue weighted by Crippen LogP contribution is 2.03. The van der Waals surface area contributed by atoms with Gasteiger partial charge in [0.25, 0.3) is 0 Å². The van der Waals surface area contributed by atoms with Gasteiger partial charge in [-0.2, -0.15) is 11.8 Å². The van der Waals surface area contributed by atoms with Crippen LogP contribution in [0.1, 0.15) is 26.7 Å². The minimum absolute atomic E-state index is 0.199. The van der Waals surface area contributed by atoms with Crippen LogP contribution in [0, 0.1) is 0 Å². The Morgan fingerprint density at radius 3 is 2.60 bits per heavy atom. The molecule has 0 heterocycles. The largest absolute Gasteiger partial charge is 0.464 e. The lowest BCUT2D eigenvalue weighted by atomic mass is 10.2. The molecule has 0 aliphatic carbocycles. The molecule has 4 nitrogen and oxygen atoms in total. The van der Waals surface area contributed by atoms with E-state index in [-0.39, 0.29) is 11.9 Å². The van der Waals surface area contributed by atoms with E-state index < -0.39 is 6.04 Å². The van der Waals surface area contributed by atoms with E-state index in [1.807, 2.05) is 13.2 Å². The Balaban J connectivity index is 4.07. The van der Waals surface area contributed by atoms with Gasteiger partial charge in [-0.25, -0.2) is 4.79 Å². The molecule has 0 saturated carbocycles. The highest BCUT2D eigenvalue weighted by molar-refractivity contribution is 7.98. The van der Waals surface area contributed by atoms with E-state index in [0.29, 0.717) is 13.0 Å². The zero-order valence-electron chi connectivity index (χ0n) is 9.54. The first-order chi connectivity index (χ1) is 7.11. The Bertz CT molecular complexity index is 209. The van der Waals surface area contributed by atoms with Gasteiger partial charge in [0.15, 0.2) is 0 Å². The average molecular weight is 233 g/mol. The quantitative estimate of drug-likeness (QED) is 0.671. The smallest absolute Gasteiger partial charge is 0.328 e. The number of amides is 1. The summed E-state index contributed by atoms with van der Waals surface area (Å²) in [6, 6.07) is -0.499. The van der Waals surface area contributed by atoms with Gasteiger partial charge in [-0.15, -0.1) is 0 Å². The van der Waals surface area contributed by atoms with Crippen LogP contribution in [0.25, 0.3) is 0 Å². The molecular formula is C10H19NO3S. The molecule has 0 unspecified atom stereocenters. The summed E-state index contributed by atoms with van der Waals surface area (Å²) in [5, 5.41) is 2.60. The van der Waals surface area contributed by atoms with Crippen molar-refractivity contribution >= 4 is 23.6 Å². The molecule has 1 atom stereocenters. The summed E-state index contributed by atoms with van der Waals surface area (Å²) in [7, 11) is 0. The minimum Gasteiger partial charge on any atom is -0.464 e. The predicted octanol–water partition coefficient (Wildman–Crippen LogP) is 1.20. The van der Waals surface area contributed by atoms with E-state index in [1.54, 1.807) is 11.8 Å². The SMILES string of the molecule is CCCOC(=O)[C@H](CCSC)NC(C)=O. The molecule has 0 radical (unpaired) electrons. The average Bonchev–Trinajstić information content (AvgIpc) is 2.20. The van der Waals surface area contributed by atoms with Crippen molar-refractivity contribution in [3.63, 3.8) is 0 Å². The lowest BCUT2D eigenvalue weighted by Crippen LogP contribution is -2.41. The predicted molar refractivity (Wildman–Crippen MR) is 61.9 cm³/mol. The number of esters is 1. The molecule has 0 saturated heterocycles. The van der Waals surface area contributed by atoms with Crippen LogP contribution in [0.3, 0.4) is 0 Å². The molecule has 0 spiro atoms. The van der Waals surface area contributed by atoms with Crippen molar-refractivity contribution in [3.05, 3.63) is 0 Å². The Morgan fingerprint density at radius 1 is 1.47 bits per heavy atom. The van der Waals surface area contributed by atoms with Crippen LogP contribution in [0.2, 0.25) is 0 Å². The third-order valence-corrected chi connectivity index (χ3v) is 2.37. The summed E-state index contributed by atoms with van der Waals surface area (Å²) >= 11 is 1.64. The topological polar surface area (TPSA) is 55.4 Å². The molecule has 15 heavy (non-hydrogen) atoms. The maximum atomic E-state index is 11.5. The first kappa shape index (κ1) is 14.3. The zero-order chi connectivity index (χ0) is 11.7. The van der Waals surface area contributed by atoms with Gasteiger partial charge in [0, 0.05) is 6.92 Å². The van der Waals surface area contributed by atoms with Crippen molar-refractivity contribution in [2.45, 2.75) is 32.7 Å². The molecule has 0 aromatic heterocycles. The number of rotatable bonds is 7. The van der Waals surface area contributed by atoms with Crippen molar-refractivity contribution in [2.24, 2.45) is 0 Å². The maximum Gasteiger partial charge on any atom is 0.328 e. The van der Waals surface area contributed by atoms with Crippen molar-refractivity contribution in [1.29, 1.82) is 0 Å². The Hall–Kier alpha value is -0.710. The number of nitrogens with one attached hydrogen (secondary N) is 1. The molecule has 1 N–H and O–H groups in total. The third kappa shape index (κ3) is 7.25. The third-order valence-electron chi connectivity index (χ3n) is 1.72. The maximum absolute atomic E-state index is 11.5. The van der Waals surface area contributed by atoms with E-state index in [2.05, 4.69) is 5.32 Å². The fourth-order valence-electron chi connectivity index (χ4n) is 1.03. The number of ether oxygens (including phenoxy) is 1. The van der Waals surface area contributed by atoms with Crippen molar-refractivity contribution in [3.8, 4) is 0 Å². The lowest BCUT2D eigenvalue weighted by molar-refractivity contribution is -0.147. The summed E-state index contributed by atoms with van der Waals surface area (Å²) < 4.78 is 4.99. The second-order valence-electron chi connectivity index (χ2n) is 3.20. The van der Waals surface area contributed by atoms with Crippen LogP contribution in [0.15, 0.2) is 0 Å². The molecule has 0 aromatic rings. The van der Waals surface area contributed by atoms with E-state index in [0.717, 1.165) is 12.2 Å². The Morgan fingerprint density at radius 2 is 2.13 bits per heavy atom. The summed E-state index contributed by atoms with van der Waals surface area (Å²) in [5.41, 5.74) is 0. The molecule has 88 valence electrons. The lowest BCUT2D eigenvalue weighted by Gasteiger charge is -2.15. The van der Waals surface area contributed by atoms with Gasteiger partial charge in [-0.05, 0) is 24.9 Å². The van der Waals surface area contributed by atoms with Crippen LogP contribution in [-0.2, 0) is 14.3 Å². The second kappa shape index (κ2) is 8.59. The van der Waals surface area contributed by atoms with Gasteiger partial charge in [-0.1, -0.05) is 6.92 Å². The van der Waals surface area contributed by atoms with Crippen LogP contribution in [-0.4, -0.2) is 36.5 Å². The number of hydrogen-bond donors (Lipinski definition) is 1. The van der Waals surface area contributed by atoms with Gasteiger partial charge in [0.1, 0.15) is 6.04 Å². The van der Waals surface area contributed by atoms with Crippen molar-refractivity contribution < 1.29 is 14.3 Å². The van der Waals surface area contributed by atoms with Crippen molar-refractivity contribution in [1.82, 2.24) is 5.32 Å². The van der Waals surface area contributed by atoms with E-state index in [9.17, 15) is 9.59 Å². The van der Waals surface area contributed by atoms with Gasteiger partial charge in [0.2, 0.25) is 5.91 Å². The Labute approximate surface area is 95.1 Å². The fraction of sp³-hybridized carbons (Fsp3) is 0.800. The van der Waals surface area contributed by atoms with E-state index in [1.165, 1.54) is 6.92 Å². The molecule has 0 aliphatic rings. The van der Waals surface area contributed by atoms with Gasteiger partial charge in [-0.3, -0.25) is 4.79 Å². The number of hydrogen-bond acceptors (Lipinski definition) is 4. The summed E-state index contributed by atoms with van der Waals surface area (Å²) in [6.07, 6.45) is 3.37. The molecule has 0 fully saturated rings. The van der Waals surface area contributed by atoms with Crippen LogP contribution < -0.4 is 5.32 Å². The van der Waals surface area contributed by atoms with E-state index in [4.69, 9.17) is 4.74 Å². The molecular weight excluding hydrogens is 214 g/mol. The standard InChI is InChI=1S/C10H19NO3S/c1-4-6-14-10(13)9(5-7-15-3)11-8(2)12/h9H,4-7H2,1-3H3,(H,11,12)/t9-/m0/s1. The monoisotopic (exact) mass is 233 g/mol. The minimum atomic E-state index is -0.499. The summed E-state index contributed by atoms with van der Waals surface area (Å²) in [5.74, 6) is 0.294. The fourth-order valence-corrected chi connectivity index (χ4v) is 1.50. The van der Waals surface area contributed by atoms with E-state index >= 15 is 0 Å². The molecule has 0 bridgehead atoms. The van der Waals surface area contributed by atoms with Gasteiger partial charge in [0.05, 0.1) is 6.61 Å². The highest BCUT2D eigenvalue weighted by Gasteiger charge is 2.19. The van der Waals surface area contributed by atoms with Crippen LogP contribution >= 0.6 is 11.8 Å². The molecule has 1 amide bonds. The van der Waals surface area contributed by atoms with Crippen LogP contribution in [0.4, 0.5) is 0 Å². The summed E-state index contributed by atoms with van der Waals surface area (Å²) in [6.45, 7) is 3.75. The molecule has 0 aliphatic heterocycles. The zero-order valence-corrected chi connectivity index (χ0v) is 10.4. The molecule has 0 rings (SSSR count). The number of carbonyl (C=O) groups is 2. The summed E-state index contributed by atoms with van der Waals surface area (Å²) in [4.78, 5) is 22.4.